The minimum atomic E-state index is -0.297. The van der Waals surface area contributed by atoms with Gasteiger partial charge < -0.3 is 0 Å². The number of carbonyl (C=O) groups excluding carboxylic acids is 2. The molecule has 146 valence electrons. The molecule has 4 rings (SSSR count). The Morgan fingerprint density at radius 2 is 1.68 bits per heavy atom. The van der Waals surface area contributed by atoms with Crippen molar-refractivity contribution in [3.63, 3.8) is 0 Å². The molecular weight excluding hydrogens is 350 g/mol. The molecule has 2 unspecified atom stereocenters. The second-order valence-corrected chi connectivity index (χ2v) is 8.05. The average molecular weight is 377 g/mol. The molecule has 0 aromatic heterocycles. The van der Waals surface area contributed by atoms with Gasteiger partial charge in [-0.15, -0.1) is 0 Å². The number of carbonyl (C=O) groups is 2. The van der Waals surface area contributed by atoms with E-state index < -0.39 is 0 Å². The quantitative estimate of drug-likeness (QED) is 0.809. The number of hydrogen-bond acceptors (Lipinski definition) is 3. The third-order valence-corrected chi connectivity index (χ3v) is 6.41. The number of hydrogen-bond donors (Lipinski definition) is 2. The molecule has 2 amide bonds. The Kier molecular flexibility index (Phi) is 5.18. The molecule has 0 saturated carbocycles. The van der Waals surface area contributed by atoms with Gasteiger partial charge in [0.15, 0.2) is 0 Å². The first kappa shape index (κ1) is 18.7. The first-order valence-electron chi connectivity index (χ1n) is 9.98. The predicted molar refractivity (Wildman–Crippen MR) is 109 cm³/mol. The number of nitrogens with one attached hydrogen (secondary N) is 2. The summed E-state index contributed by atoms with van der Waals surface area (Å²) in [5.41, 5.74) is 8.25. The summed E-state index contributed by atoms with van der Waals surface area (Å²) in [5, 5.41) is 0. The van der Waals surface area contributed by atoms with E-state index in [-0.39, 0.29) is 29.7 Å². The highest BCUT2D eigenvalue weighted by Gasteiger charge is 2.49. The van der Waals surface area contributed by atoms with Gasteiger partial charge in [-0.3, -0.25) is 25.3 Å². The lowest BCUT2D eigenvalue weighted by Gasteiger charge is -2.42. The lowest BCUT2D eigenvalue weighted by Crippen LogP contribution is -2.54. The number of nitrogens with zero attached hydrogens (tertiary/aromatic N) is 1. The van der Waals surface area contributed by atoms with Gasteiger partial charge in [-0.2, -0.15) is 0 Å². The van der Waals surface area contributed by atoms with Crippen LogP contribution in [-0.4, -0.2) is 35.8 Å². The second-order valence-electron chi connectivity index (χ2n) is 8.05. The Bertz CT molecular complexity index is 850. The lowest BCUT2D eigenvalue weighted by atomic mass is 9.75. The molecule has 2 aromatic carbocycles. The van der Waals surface area contributed by atoms with Crippen LogP contribution in [0.1, 0.15) is 46.7 Å². The van der Waals surface area contributed by atoms with Crippen LogP contribution in [-0.2, 0) is 4.79 Å². The predicted octanol–water partition coefficient (Wildman–Crippen LogP) is 3.02. The zero-order valence-electron chi connectivity index (χ0n) is 16.4. The van der Waals surface area contributed by atoms with Crippen LogP contribution in [0.4, 0.5) is 0 Å². The van der Waals surface area contributed by atoms with Crippen LogP contribution >= 0.6 is 0 Å². The third-order valence-electron chi connectivity index (χ3n) is 6.41. The maximum atomic E-state index is 13.2. The zero-order chi connectivity index (χ0) is 19.7. The standard InChI is InChI=1S/C23H27N3O2/c1-15-8-10-16(11-9-15)19-14-18-12-13-20(26(18)2)21(19)23(28)25-24-22(27)17-6-4-3-5-7-17/h3-11,18-21H,12-14H2,1-2H3,(H,24,27)(H,25,28)/t18-,19-,20?,21?/m1/s1. The molecule has 2 heterocycles. The minimum Gasteiger partial charge on any atom is -0.300 e. The summed E-state index contributed by atoms with van der Waals surface area (Å²) in [7, 11) is 2.12. The molecule has 2 bridgehead atoms. The van der Waals surface area contributed by atoms with Gasteiger partial charge in [0, 0.05) is 17.6 Å². The number of piperidine rings is 1. The molecule has 2 N–H and O–H groups in total. The van der Waals surface area contributed by atoms with E-state index in [9.17, 15) is 9.59 Å². The molecule has 4 atom stereocenters. The fourth-order valence-electron chi connectivity index (χ4n) is 4.84. The zero-order valence-corrected chi connectivity index (χ0v) is 16.4. The van der Waals surface area contributed by atoms with Gasteiger partial charge in [-0.05, 0) is 56.8 Å². The van der Waals surface area contributed by atoms with E-state index >= 15 is 0 Å². The van der Waals surface area contributed by atoms with Crippen molar-refractivity contribution in [1.82, 2.24) is 15.8 Å². The van der Waals surface area contributed by atoms with Crippen molar-refractivity contribution < 1.29 is 9.59 Å². The first-order chi connectivity index (χ1) is 13.5. The first-order valence-corrected chi connectivity index (χ1v) is 9.98. The van der Waals surface area contributed by atoms with E-state index in [2.05, 4.69) is 54.0 Å². The van der Waals surface area contributed by atoms with Gasteiger partial charge in [-0.1, -0.05) is 48.0 Å². The fourth-order valence-corrected chi connectivity index (χ4v) is 4.84. The van der Waals surface area contributed by atoms with E-state index in [1.807, 2.05) is 6.07 Å². The number of aryl methyl sites for hydroxylation is 1. The molecule has 0 radical (unpaired) electrons. The highest BCUT2D eigenvalue weighted by Crippen LogP contribution is 2.46. The topological polar surface area (TPSA) is 61.4 Å². The fraction of sp³-hybridized carbons (Fsp3) is 0.391. The van der Waals surface area contributed by atoms with E-state index in [0.717, 1.165) is 19.3 Å². The van der Waals surface area contributed by atoms with Crippen molar-refractivity contribution in [2.24, 2.45) is 5.92 Å². The molecule has 0 aliphatic carbocycles. The van der Waals surface area contributed by atoms with Gasteiger partial charge in [0.05, 0.1) is 5.92 Å². The highest BCUT2D eigenvalue weighted by molar-refractivity contribution is 5.95. The summed E-state index contributed by atoms with van der Waals surface area (Å²) in [6.45, 7) is 2.07. The van der Waals surface area contributed by atoms with Gasteiger partial charge in [-0.25, -0.2) is 0 Å². The number of fused-ring (bicyclic) bond motifs is 2. The Morgan fingerprint density at radius 3 is 2.39 bits per heavy atom. The normalized spacial score (nSPS) is 26.6. The number of hydrazine groups is 1. The number of amides is 2. The maximum absolute atomic E-state index is 13.2. The maximum Gasteiger partial charge on any atom is 0.269 e. The molecule has 2 aromatic rings. The molecule has 2 saturated heterocycles. The molecule has 2 aliphatic heterocycles. The van der Waals surface area contributed by atoms with E-state index in [1.165, 1.54) is 11.1 Å². The second kappa shape index (κ2) is 7.76. The van der Waals surface area contributed by atoms with Crippen molar-refractivity contribution in [1.29, 1.82) is 0 Å². The van der Waals surface area contributed by atoms with E-state index in [0.29, 0.717) is 11.6 Å². The Hall–Kier alpha value is -2.66. The van der Waals surface area contributed by atoms with Crippen LogP contribution in [0.15, 0.2) is 54.6 Å². The molecule has 2 aliphatic rings. The highest BCUT2D eigenvalue weighted by atomic mass is 16.2. The van der Waals surface area contributed by atoms with Crippen molar-refractivity contribution in [3.8, 4) is 0 Å². The average Bonchev–Trinajstić information content (AvgIpc) is 2.95. The van der Waals surface area contributed by atoms with Gasteiger partial charge in [0.1, 0.15) is 0 Å². The van der Waals surface area contributed by atoms with Gasteiger partial charge >= 0.3 is 0 Å². The summed E-state index contributed by atoms with van der Waals surface area (Å²) >= 11 is 0. The molecule has 28 heavy (non-hydrogen) atoms. The smallest absolute Gasteiger partial charge is 0.269 e. The Labute approximate surface area is 166 Å². The summed E-state index contributed by atoms with van der Waals surface area (Å²) in [5.74, 6) is -0.410. The van der Waals surface area contributed by atoms with Crippen LogP contribution in [0.25, 0.3) is 0 Å². The van der Waals surface area contributed by atoms with Crippen molar-refractivity contribution in [2.75, 3.05) is 7.05 Å². The molecule has 2 fully saturated rings. The van der Waals surface area contributed by atoms with Gasteiger partial charge in [0.2, 0.25) is 5.91 Å². The van der Waals surface area contributed by atoms with Gasteiger partial charge in [0.25, 0.3) is 5.91 Å². The van der Waals surface area contributed by atoms with Crippen LogP contribution in [0.3, 0.4) is 0 Å². The minimum absolute atomic E-state index is 0.105. The van der Waals surface area contributed by atoms with Crippen LogP contribution in [0.5, 0.6) is 0 Å². The monoisotopic (exact) mass is 377 g/mol. The summed E-state index contributed by atoms with van der Waals surface area (Å²) in [4.78, 5) is 27.8. The Balaban J connectivity index is 1.52. The third kappa shape index (κ3) is 3.54. The van der Waals surface area contributed by atoms with Crippen LogP contribution in [0, 0.1) is 12.8 Å². The van der Waals surface area contributed by atoms with Crippen LogP contribution < -0.4 is 10.9 Å². The molecule has 5 nitrogen and oxygen atoms in total. The summed E-state index contributed by atoms with van der Waals surface area (Å²) in [6, 6.07) is 18.2. The summed E-state index contributed by atoms with van der Waals surface area (Å²) in [6.07, 6.45) is 3.12. The van der Waals surface area contributed by atoms with E-state index in [4.69, 9.17) is 0 Å². The van der Waals surface area contributed by atoms with E-state index in [1.54, 1.807) is 24.3 Å². The Morgan fingerprint density at radius 1 is 0.964 bits per heavy atom. The molecule has 5 heteroatoms. The van der Waals surface area contributed by atoms with Crippen LogP contribution in [0.2, 0.25) is 0 Å². The largest absolute Gasteiger partial charge is 0.300 e. The van der Waals surface area contributed by atoms with Crippen molar-refractivity contribution in [2.45, 2.75) is 44.2 Å². The SMILES string of the molecule is Cc1ccc([C@H]2C[C@H]3CCC(C2C(=O)NNC(=O)c2ccccc2)N3C)cc1. The van der Waals surface area contributed by atoms with Crippen molar-refractivity contribution in [3.05, 3.63) is 71.3 Å². The number of rotatable bonds is 3. The summed E-state index contributed by atoms with van der Waals surface area (Å²) < 4.78 is 0. The molecular formula is C23H27N3O2. The molecule has 0 spiro atoms. The number of benzene rings is 2. The lowest BCUT2D eigenvalue weighted by molar-refractivity contribution is -0.130. The van der Waals surface area contributed by atoms with Crippen molar-refractivity contribution >= 4 is 11.8 Å².